The summed E-state index contributed by atoms with van der Waals surface area (Å²) in [6, 6.07) is 2.04. The van der Waals surface area contributed by atoms with Gasteiger partial charge in [-0.2, -0.15) is 5.10 Å². The highest BCUT2D eigenvalue weighted by Crippen LogP contribution is 2.41. The lowest BCUT2D eigenvalue weighted by atomic mass is 9.98. The van der Waals surface area contributed by atoms with Gasteiger partial charge in [-0.05, 0) is 44.6 Å². The molecule has 1 aliphatic carbocycles. The van der Waals surface area contributed by atoms with Crippen LogP contribution in [-0.2, 0) is 7.05 Å². The van der Waals surface area contributed by atoms with E-state index in [1.807, 2.05) is 7.05 Å². The SMILES string of the molecule is CC=C(C)CN1C[C@H](NC(=O)c2ccnn2C)[C@@H](C2CC2)C1.Cl. The fourth-order valence-electron chi connectivity index (χ4n) is 3.48. The van der Waals surface area contributed by atoms with Crippen molar-refractivity contribution in [2.75, 3.05) is 19.6 Å². The van der Waals surface area contributed by atoms with Crippen LogP contribution in [0.15, 0.2) is 23.9 Å². The lowest BCUT2D eigenvalue weighted by molar-refractivity contribution is 0.0918. The van der Waals surface area contributed by atoms with Gasteiger partial charge in [-0.3, -0.25) is 14.4 Å². The molecular formula is C17H27ClN4O. The maximum atomic E-state index is 12.5. The number of aromatic nitrogens is 2. The molecule has 128 valence electrons. The van der Waals surface area contributed by atoms with Crippen LogP contribution in [-0.4, -0.2) is 46.3 Å². The van der Waals surface area contributed by atoms with E-state index >= 15 is 0 Å². The van der Waals surface area contributed by atoms with E-state index in [0.29, 0.717) is 11.6 Å². The van der Waals surface area contributed by atoms with E-state index in [2.05, 4.69) is 35.2 Å². The minimum absolute atomic E-state index is 0. The lowest BCUT2D eigenvalue weighted by Gasteiger charge is -2.19. The van der Waals surface area contributed by atoms with E-state index in [1.165, 1.54) is 18.4 Å². The van der Waals surface area contributed by atoms with E-state index in [4.69, 9.17) is 0 Å². The van der Waals surface area contributed by atoms with Crippen molar-refractivity contribution in [2.45, 2.75) is 32.7 Å². The Morgan fingerprint density at radius 3 is 2.74 bits per heavy atom. The number of hydrogen-bond acceptors (Lipinski definition) is 3. The van der Waals surface area contributed by atoms with Crippen LogP contribution in [0.25, 0.3) is 0 Å². The normalized spacial score (nSPS) is 25.3. The Hall–Kier alpha value is -1.33. The number of rotatable bonds is 5. The molecule has 6 heteroatoms. The molecule has 1 aromatic rings. The van der Waals surface area contributed by atoms with E-state index in [0.717, 1.165) is 25.6 Å². The number of likely N-dealkylation sites (tertiary alicyclic amines) is 1. The number of hydrogen-bond donors (Lipinski definition) is 1. The summed E-state index contributed by atoms with van der Waals surface area (Å²) in [5.41, 5.74) is 2.03. The largest absolute Gasteiger partial charge is 0.346 e. The molecule has 3 rings (SSSR count). The zero-order valence-corrected chi connectivity index (χ0v) is 15.0. The third-order valence-corrected chi connectivity index (χ3v) is 5.00. The van der Waals surface area contributed by atoms with Crippen molar-refractivity contribution < 1.29 is 4.79 Å². The Morgan fingerprint density at radius 1 is 1.43 bits per heavy atom. The standard InChI is InChI=1S/C17H26N4O.ClH/c1-4-12(2)9-21-10-14(13-5-6-13)15(11-21)19-17(22)16-7-8-18-20(16)3;/h4,7-8,13-15H,5-6,9-11H2,1-3H3,(H,19,22);1H/t14-,15+;/m1./s1. The van der Waals surface area contributed by atoms with Gasteiger partial charge in [0.25, 0.3) is 5.91 Å². The zero-order valence-electron chi connectivity index (χ0n) is 14.2. The summed E-state index contributed by atoms with van der Waals surface area (Å²) in [6.07, 6.45) is 6.48. The van der Waals surface area contributed by atoms with Gasteiger partial charge in [0, 0.05) is 38.9 Å². The Morgan fingerprint density at radius 2 is 2.17 bits per heavy atom. The molecule has 1 N–H and O–H groups in total. The molecule has 2 fully saturated rings. The fourth-order valence-corrected chi connectivity index (χ4v) is 3.48. The molecule has 1 saturated heterocycles. The minimum atomic E-state index is 0. The molecule has 5 nitrogen and oxygen atoms in total. The number of nitrogens with zero attached hydrogens (tertiary/aromatic N) is 3. The van der Waals surface area contributed by atoms with Gasteiger partial charge in [0.2, 0.25) is 0 Å². The number of aryl methyl sites for hydroxylation is 1. The Bertz CT molecular complexity index is 579. The molecule has 1 saturated carbocycles. The molecule has 23 heavy (non-hydrogen) atoms. The molecule has 2 aliphatic rings. The van der Waals surface area contributed by atoms with Crippen LogP contribution in [0.4, 0.5) is 0 Å². The second-order valence-electron chi connectivity index (χ2n) is 6.75. The number of nitrogens with one attached hydrogen (secondary N) is 1. The number of halogens is 1. The molecule has 0 bridgehead atoms. The summed E-state index contributed by atoms with van der Waals surface area (Å²) in [7, 11) is 1.81. The highest BCUT2D eigenvalue weighted by molar-refractivity contribution is 5.92. The van der Waals surface area contributed by atoms with Crippen LogP contribution in [0, 0.1) is 11.8 Å². The van der Waals surface area contributed by atoms with Crippen molar-refractivity contribution in [3.8, 4) is 0 Å². The Balaban J connectivity index is 0.00000192. The van der Waals surface area contributed by atoms with Gasteiger partial charge in [0.1, 0.15) is 5.69 Å². The molecule has 0 unspecified atom stereocenters. The van der Waals surface area contributed by atoms with E-state index < -0.39 is 0 Å². The first kappa shape index (κ1) is 18.0. The smallest absolute Gasteiger partial charge is 0.269 e. The number of carbonyl (C=O) groups is 1. The van der Waals surface area contributed by atoms with Crippen LogP contribution >= 0.6 is 12.4 Å². The third kappa shape index (κ3) is 4.15. The molecule has 2 heterocycles. The molecule has 2 atom stereocenters. The molecule has 1 amide bonds. The summed E-state index contributed by atoms with van der Waals surface area (Å²) in [6.45, 7) is 7.33. The van der Waals surface area contributed by atoms with Gasteiger partial charge in [0.15, 0.2) is 0 Å². The summed E-state index contributed by atoms with van der Waals surface area (Å²) in [4.78, 5) is 14.9. The van der Waals surface area contributed by atoms with Gasteiger partial charge in [0.05, 0.1) is 0 Å². The maximum absolute atomic E-state index is 12.5. The van der Waals surface area contributed by atoms with Gasteiger partial charge in [-0.1, -0.05) is 11.6 Å². The summed E-state index contributed by atoms with van der Waals surface area (Å²) >= 11 is 0. The molecule has 0 spiro atoms. The Kier molecular flexibility index (Phi) is 5.87. The fraction of sp³-hybridized carbons (Fsp3) is 0.647. The average Bonchev–Trinajstić information content (AvgIpc) is 3.13. The first-order valence-electron chi connectivity index (χ1n) is 8.21. The van der Waals surface area contributed by atoms with E-state index in [9.17, 15) is 4.79 Å². The first-order valence-corrected chi connectivity index (χ1v) is 8.21. The predicted octanol–water partition coefficient (Wildman–Crippen LogP) is 2.25. The molecule has 0 aromatic carbocycles. The number of allylic oxidation sites excluding steroid dienone is 1. The predicted molar refractivity (Wildman–Crippen MR) is 93.8 cm³/mol. The van der Waals surface area contributed by atoms with Crippen LogP contribution < -0.4 is 5.32 Å². The number of carbonyl (C=O) groups excluding carboxylic acids is 1. The number of amides is 1. The quantitative estimate of drug-likeness (QED) is 0.838. The molecule has 1 aromatic heterocycles. The second kappa shape index (κ2) is 7.49. The molecular weight excluding hydrogens is 312 g/mol. The van der Waals surface area contributed by atoms with E-state index in [-0.39, 0.29) is 24.4 Å². The third-order valence-electron chi connectivity index (χ3n) is 5.00. The van der Waals surface area contributed by atoms with Gasteiger partial charge in [-0.15, -0.1) is 12.4 Å². The van der Waals surface area contributed by atoms with Crippen LogP contribution in [0.3, 0.4) is 0 Å². The summed E-state index contributed by atoms with van der Waals surface area (Å²) in [5.74, 6) is 1.40. The Labute approximate surface area is 144 Å². The van der Waals surface area contributed by atoms with Crippen LogP contribution in [0.5, 0.6) is 0 Å². The zero-order chi connectivity index (χ0) is 15.7. The van der Waals surface area contributed by atoms with Crippen molar-refractivity contribution in [3.05, 3.63) is 29.6 Å². The first-order chi connectivity index (χ1) is 10.6. The summed E-state index contributed by atoms with van der Waals surface area (Å²) < 4.78 is 1.64. The lowest BCUT2D eigenvalue weighted by Crippen LogP contribution is -2.41. The van der Waals surface area contributed by atoms with Gasteiger partial charge in [-0.25, -0.2) is 0 Å². The van der Waals surface area contributed by atoms with Crippen molar-refractivity contribution >= 4 is 18.3 Å². The van der Waals surface area contributed by atoms with Crippen LogP contribution in [0.2, 0.25) is 0 Å². The van der Waals surface area contributed by atoms with Gasteiger partial charge >= 0.3 is 0 Å². The highest BCUT2D eigenvalue weighted by atomic mass is 35.5. The van der Waals surface area contributed by atoms with E-state index in [1.54, 1.807) is 16.9 Å². The van der Waals surface area contributed by atoms with Crippen molar-refractivity contribution in [1.29, 1.82) is 0 Å². The van der Waals surface area contributed by atoms with Crippen molar-refractivity contribution in [1.82, 2.24) is 20.0 Å². The summed E-state index contributed by atoms with van der Waals surface area (Å²) in [5, 5.41) is 7.34. The molecule has 0 radical (unpaired) electrons. The van der Waals surface area contributed by atoms with Crippen LogP contribution in [0.1, 0.15) is 37.2 Å². The monoisotopic (exact) mass is 338 g/mol. The minimum Gasteiger partial charge on any atom is -0.346 e. The maximum Gasteiger partial charge on any atom is 0.269 e. The van der Waals surface area contributed by atoms with Gasteiger partial charge < -0.3 is 5.32 Å². The van der Waals surface area contributed by atoms with Crippen molar-refractivity contribution in [3.63, 3.8) is 0 Å². The second-order valence-corrected chi connectivity index (χ2v) is 6.75. The van der Waals surface area contributed by atoms with Crippen molar-refractivity contribution in [2.24, 2.45) is 18.9 Å². The topological polar surface area (TPSA) is 50.2 Å². The highest BCUT2D eigenvalue weighted by Gasteiger charge is 2.43. The molecule has 1 aliphatic heterocycles. The average molecular weight is 339 g/mol.